The number of benzene rings is 3. The van der Waals surface area contributed by atoms with Crippen LogP contribution in [0.5, 0.6) is 17.2 Å². The van der Waals surface area contributed by atoms with Gasteiger partial charge in [-0.2, -0.15) is 0 Å². The van der Waals surface area contributed by atoms with Crippen molar-refractivity contribution in [3.63, 3.8) is 0 Å². The number of carbonyl (C=O) groups excluding carboxylic acids is 1. The molecule has 0 radical (unpaired) electrons. The molecule has 1 aliphatic rings. The molecule has 1 amide bonds. The second-order valence-electron chi connectivity index (χ2n) is 7.74. The Labute approximate surface area is 216 Å². The Bertz CT molecular complexity index is 1230. The van der Waals surface area contributed by atoms with E-state index in [1.807, 2.05) is 12.1 Å². The molecule has 10 heteroatoms. The Morgan fingerprint density at radius 2 is 1.74 bits per heavy atom. The molecule has 1 unspecified atom stereocenters. The van der Waals surface area contributed by atoms with E-state index in [4.69, 9.17) is 54.1 Å². The van der Waals surface area contributed by atoms with E-state index in [9.17, 15) is 9.59 Å². The van der Waals surface area contributed by atoms with Gasteiger partial charge in [-0.25, -0.2) is 4.79 Å². The summed E-state index contributed by atoms with van der Waals surface area (Å²) in [6, 6.07) is 15.0. The Balaban J connectivity index is 1.37. The predicted octanol–water partition coefficient (Wildman–Crippen LogP) is 6.93. The van der Waals surface area contributed by atoms with Crippen molar-refractivity contribution in [3.05, 3.63) is 86.4 Å². The maximum absolute atomic E-state index is 12.5. The lowest BCUT2D eigenvalue weighted by atomic mass is 10.0. The summed E-state index contributed by atoms with van der Waals surface area (Å²) in [5.41, 5.74) is 1.94. The number of amides is 1. The van der Waals surface area contributed by atoms with Gasteiger partial charge >= 0.3 is 6.16 Å². The molecule has 0 aromatic heterocycles. The Kier molecular flexibility index (Phi) is 7.90. The second-order valence-corrected chi connectivity index (χ2v) is 9.02. The zero-order valence-corrected chi connectivity index (χ0v) is 20.5. The predicted molar refractivity (Wildman–Crippen MR) is 132 cm³/mol. The highest BCUT2D eigenvalue weighted by Crippen LogP contribution is 2.42. The zero-order valence-electron chi connectivity index (χ0n) is 18.2. The number of hydrogen-bond acceptors (Lipinski definition) is 5. The normalized spacial score (nSPS) is 14.4. The van der Waals surface area contributed by atoms with E-state index in [-0.39, 0.29) is 10.9 Å². The lowest BCUT2D eigenvalue weighted by Gasteiger charge is -2.25. The molecule has 0 fully saturated rings. The summed E-state index contributed by atoms with van der Waals surface area (Å²) in [5, 5.41) is 13.2. The minimum Gasteiger partial charge on any atom is -0.493 e. The van der Waals surface area contributed by atoms with Crippen molar-refractivity contribution in [1.29, 1.82) is 0 Å². The summed E-state index contributed by atoms with van der Waals surface area (Å²) >= 11 is 18.4. The molecule has 0 saturated heterocycles. The summed E-state index contributed by atoms with van der Waals surface area (Å²) < 4.78 is 16.4. The van der Waals surface area contributed by atoms with E-state index in [2.05, 4.69) is 5.32 Å². The maximum Gasteiger partial charge on any atom is 0.506 e. The van der Waals surface area contributed by atoms with E-state index in [1.54, 1.807) is 42.5 Å². The van der Waals surface area contributed by atoms with Crippen molar-refractivity contribution < 1.29 is 28.9 Å². The monoisotopic (exact) mass is 535 g/mol. The lowest BCUT2D eigenvalue weighted by molar-refractivity contribution is 0.0326. The summed E-state index contributed by atoms with van der Waals surface area (Å²) in [5.74, 6) is 1.01. The van der Waals surface area contributed by atoms with Gasteiger partial charge in [-0.3, -0.25) is 4.79 Å². The lowest BCUT2D eigenvalue weighted by Crippen LogP contribution is -2.25. The van der Waals surface area contributed by atoms with Gasteiger partial charge in [0.05, 0.1) is 11.6 Å². The first-order valence-corrected chi connectivity index (χ1v) is 11.8. The first kappa shape index (κ1) is 25.0. The van der Waals surface area contributed by atoms with Gasteiger partial charge < -0.3 is 24.6 Å². The Morgan fingerprint density at radius 3 is 2.43 bits per heavy atom. The molecule has 182 valence electrons. The van der Waals surface area contributed by atoms with Crippen LogP contribution >= 0.6 is 34.8 Å². The van der Waals surface area contributed by atoms with Crippen molar-refractivity contribution in [2.45, 2.75) is 18.9 Å². The van der Waals surface area contributed by atoms with Crippen LogP contribution < -0.4 is 14.8 Å². The molecule has 0 saturated carbocycles. The van der Waals surface area contributed by atoms with E-state index in [0.29, 0.717) is 64.4 Å². The third-order valence-electron chi connectivity index (χ3n) is 5.26. The largest absolute Gasteiger partial charge is 0.506 e. The molecule has 1 heterocycles. The molecule has 3 aromatic rings. The number of carbonyl (C=O) groups is 2. The van der Waals surface area contributed by atoms with Gasteiger partial charge in [0, 0.05) is 40.2 Å². The van der Waals surface area contributed by atoms with Crippen molar-refractivity contribution in [1.82, 2.24) is 5.32 Å². The highest BCUT2D eigenvalue weighted by atomic mass is 35.5. The summed E-state index contributed by atoms with van der Waals surface area (Å²) in [4.78, 5) is 23.4. The third-order valence-corrected chi connectivity index (χ3v) is 5.99. The SMILES string of the molecule is O=C(O)OC1CCOc2cc(Oc3ccc(C(=O)NCCc4cc(Cl)cc(Cl)c4)cc3)c(Cl)cc21. The van der Waals surface area contributed by atoms with Crippen molar-refractivity contribution in [2.75, 3.05) is 13.2 Å². The molecular weight excluding hydrogens is 517 g/mol. The topological polar surface area (TPSA) is 94.1 Å². The van der Waals surface area contributed by atoms with Crippen LogP contribution in [0.15, 0.2) is 54.6 Å². The molecular formula is C25H20Cl3NO6. The number of carboxylic acid groups (broad SMARTS) is 1. The molecule has 4 rings (SSSR count). The fraction of sp³-hybridized carbons (Fsp3) is 0.200. The number of fused-ring (bicyclic) bond motifs is 1. The van der Waals surface area contributed by atoms with Crippen LogP contribution in [0.3, 0.4) is 0 Å². The molecule has 0 spiro atoms. The molecule has 2 N–H and O–H groups in total. The highest BCUT2D eigenvalue weighted by Gasteiger charge is 2.27. The highest BCUT2D eigenvalue weighted by molar-refractivity contribution is 6.34. The number of nitrogens with one attached hydrogen (secondary N) is 1. The molecule has 1 aliphatic heterocycles. The molecule has 0 aliphatic carbocycles. The first-order chi connectivity index (χ1) is 16.8. The maximum atomic E-state index is 12.5. The van der Waals surface area contributed by atoms with Crippen molar-refractivity contribution in [3.8, 4) is 17.2 Å². The number of ether oxygens (including phenoxy) is 3. The van der Waals surface area contributed by atoms with Gasteiger partial charge in [-0.05, 0) is 60.5 Å². The average Bonchev–Trinajstić information content (AvgIpc) is 2.79. The number of rotatable bonds is 7. The van der Waals surface area contributed by atoms with Crippen LogP contribution in [0.1, 0.15) is 34.0 Å². The van der Waals surface area contributed by atoms with Crippen LogP contribution in [0.25, 0.3) is 0 Å². The minimum absolute atomic E-state index is 0.227. The van der Waals surface area contributed by atoms with Gasteiger partial charge in [0.1, 0.15) is 23.4 Å². The average molecular weight is 537 g/mol. The molecule has 35 heavy (non-hydrogen) atoms. The van der Waals surface area contributed by atoms with Crippen LogP contribution in [-0.4, -0.2) is 30.3 Å². The van der Waals surface area contributed by atoms with Gasteiger partial charge in [0.25, 0.3) is 5.91 Å². The quantitative estimate of drug-likeness (QED) is 0.318. The van der Waals surface area contributed by atoms with Crippen LogP contribution in [0.4, 0.5) is 4.79 Å². The van der Waals surface area contributed by atoms with Crippen molar-refractivity contribution >= 4 is 46.9 Å². The van der Waals surface area contributed by atoms with Gasteiger partial charge in [0.2, 0.25) is 0 Å². The number of hydrogen-bond donors (Lipinski definition) is 2. The van der Waals surface area contributed by atoms with Crippen LogP contribution in [0, 0.1) is 0 Å². The molecule has 7 nitrogen and oxygen atoms in total. The van der Waals surface area contributed by atoms with Crippen LogP contribution in [0.2, 0.25) is 15.1 Å². The van der Waals surface area contributed by atoms with E-state index < -0.39 is 12.3 Å². The molecule has 0 bridgehead atoms. The summed E-state index contributed by atoms with van der Waals surface area (Å²) in [7, 11) is 0. The molecule has 1 atom stereocenters. The zero-order chi connectivity index (χ0) is 24.9. The second kappa shape index (κ2) is 11.1. The summed E-state index contributed by atoms with van der Waals surface area (Å²) in [6.45, 7) is 0.727. The van der Waals surface area contributed by atoms with E-state index in [1.165, 1.54) is 0 Å². The summed E-state index contributed by atoms with van der Waals surface area (Å²) in [6.07, 6.45) is -1.04. The number of halogens is 3. The fourth-order valence-electron chi connectivity index (χ4n) is 3.66. The molecule has 3 aromatic carbocycles. The fourth-order valence-corrected chi connectivity index (χ4v) is 4.44. The van der Waals surface area contributed by atoms with Gasteiger partial charge in [-0.15, -0.1) is 0 Å². The van der Waals surface area contributed by atoms with Gasteiger partial charge in [0.15, 0.2) is 0 Å². The van der Waals surface area contributed by atoms with Gasteiger partial charge in [-0.1, -0.05) is 34.8 Å². The smallest absolute Gasteiger partial charge is 0.493 e. The van der Waals surface area contributed by atoms with E-state index >= 15 is 0 Å². The minimum atomic E-state index is -1.36. The third kappa shape index (κ3) is 6.51. The Hall–Kier alpha value is -3.13. The first-order valence-electron chi connectivity index (χ1n) is 10.7. The standard InChI is InChI=1S/C25H20Cl3NO6/c26-16-9-14(10-17(27)11-16)5-7-29-24(30)15-1-3-18(4-2-15)34-23-13-22-19(12-20(23)28)21(6-8-33-22)35-25(31)32/h1-4,9-13,21H,5-8H2,(H,29,30)(H,31,32). The van der Waals surface area contributed by atoms with Crippen molar-refractivity contribution in [2.24, 2.45) is 0 Å². The van der Waals surface area contributed by atoms with E-state index in [0.717, 1.165) is 5.56 Å². The van der Waals surface area contributed by atoms with Crippen LogP contribution in [-0.2, 0) is 11.2 Å². The Morgan fingerprint density at radius 1 is 1.03 bits per heavy atom.